The molecule has 53 heavy (non-hydrogen) atoms. The van der Waals surface area contributed by atoms with Gasteiger partial charge in [0, 0.05) is 55.5 Å². The van der Waals surface area contributed by atoms with Gasteiger partial charge in [0.15, 0.2) is 23.3 Å². The maximum Gasteiger partial charge on any atom is 0.297 e. The molecule has 0 amide bonds. The fourth-order valence-electron chi connectivity index (χ4n) is 6.41. The number of nitrogens with zero attached hydrogens (tertiary/aromatic N) is 6. The molecular weight excluding hydrogens is 800 g/mol. The SMILES string of the molecule is O=S(=O)(O)c1cc2c3nc4nc(nc5[nH]c(nc6nc(nc([nH]3)c2c(S(=O)(=O)O)c1S(=O)(=O)O)-c1ccccc1-6)c1ccccc51)-c1ccccc1-4.[Cu]. The van der Waals surface area contributed by atoms with Gasteiger partial charge in [-0.2, -0.15) is 25.3 Å². The van der Waals surface area contributed by atoms with E-state index in [9.17, 15) is 38.9 Å². The van der Waals surface area contributed by atoms with Crippen molar-refractivity contribution in [1.82, 2.24) is 39.9 Å². The zero-order chi connectivity index (χ0) is 36.3. The van der Waals surface area contributed by atoms with Gasteiger partial charge in [-0.05, 0) is 6.07 Å². The summed E-state index contributed by atoms with van der Waals surface area (Å²) in [6, 6.07) is 21.7. The average Bonchev–Trinajstić information content (AvgIpc) is 3.82. The molecule has 9 rings (SSSR count). The summed E-state index contributed by atoms with van der Waals surface area (Å²) in [4.78, 5) is 29.1. The van der Waals surface area contributed by atoms with Gasteiger partial charge in [-0.1, -0.05) is 72.8 Å². The fraction of sp³-hybridized carbons (Fsp3) is 0. The van der Waals surface area contributed by atoms with Crippen LogP contribution in [0.5, 0.6) is 0 Å². The van der Waals surface area contributed by atoms with Crippen LogP contribution in [0.2, 0.25) is 0 Å². The Labute approximate surface area is 308 Å². The van der Waals surface area contributed by atoms with E-state index >= 15 is 0 Å². The first-order valence-electron chi connectivity index (χ1n) is 14.9. The maximum absolute atomic E-state index is 13.0. The molecule has 269 valence electrons. The first-order valence-corrected chi connectivity index (χ1v) is 19.2. The molecule has 0 saturated carbocycles. The predicted molar refractivity (Wildman–Crippen MR) is 185 cm³/mol. The second-order valence-corrected chi connectivity index (χ2v) is 15.7. The van der Waals surface area contributed by atoms with E-state index < -0.39 is 61.5 Å². The standard InChI is InChI=1S/C32H18N8O9S3.Cu/c41-50(42,43)21-13-20-22(24(52(47,48)49)23(21)51(44,45)46)32-39-30-19-12-6-5-11-18(19)28(37-30)35-26-15-8-2-1-7-14(15)25(33-26)34-27-16-9-3-4-10-17(16)29(36-27)38-31(20)40-32;/h1-13H,(H,41,42,43)(H,44,45,46)(H,47,48,49)(H2,33,34,35,36,37,38,39,40);. The van der Waals surface area contributed by atoms with Crippen molar-refractivity contribution in [2.75, 3.05) is 0 Å². The molecule has 7 aromatic rings. The average molecular weight is 818 g/mol. The van der Waals surface area contributed by atoms with Gasteiger partial charge in [-0.25, -0.2) is 29.9 Å². The zero-order valence-corrected chi connectivity index (χ0v) is 29.4. The molecule has 2 aliphatic heterocycles. The first-order chi connectivity index (χ1) is 24.7. The van der Waals surface area contributed by atoms with Crippen LogP contribution in [0.3, 0.4) is 0 Å². The molecule has 0 unspecified atom stereocenters. The summed E-state index contributed by atoms with van der Waals surface area (Å²) in [5.74, 6) is 0.356. The van der Waals surface area contributed by atoms with Gasteiger partial charge in [-0.3, -0.25) is 13.7 Å². The van der Waals surface area contributed by atoms with Crippen molar-refractivity contribution in [3.8, 4) is 45.6 Å². The van der Waals surface area contributed by atoms with Crippen molar-refractivity contribution >= 4 is 74.5 Å². The molecule has 21 heteroatoms. The summed E-state index contributed by atoms with van der Waals surface area (Å²) in [6.07, 6.45) is 0. The van der Waals surface area contributed by atoms with Gasteiger partial charge in [0.2, 0.25) is 0 Å². The molecule has 5 N–H and O–H groups in total. The van der Waals surface area contributed by atoms with Crippen LogP contribution in [0.15, 0.2) is 93.5 Å². The topological polar surface area (TPSA) is 272 Å². The Morgan fingerprint density at radius 2 is 0.792 bits per heavy atom. The number of hydrogen-bond donors (Lipinski definition) is 5. The smallest absolute Gasteiger partial charge is 0.297 e. The fourth-order valence-corrected chi connectivity index (χ4v) is 9.80. The van der Waals surface area contributed by atoms with Crippen molar-refractivity contribution in [2.45, 2.75) is 14.7 Å². The van der Waals surface area contributed by atoms with Gasteiger partial charge < -0.3 is 9.97 Å². The quantitative estimate of drug-likeness (QED) is 0.120. The third kappa shape index (κ3) is 5.49. The van der Waals surface area contributed by atoms with Crippen LogP contribution in [0.25, 0.3) is 89.7 Å². The van der Waals surface area contributed by atoms with Crippen LogP contribution >= 0.6 is 0 Å². The van der Waals surface area contributed by atoms with E-state index in [-0.39, 0.29) is 46.0 Å². The zero-order valence-electron chi connectivity index (χ0n) is 26.0. The van der Waals surface area contributed by atoms with E-state index in [1.807, 2.05) is 24.3 Å². The molecule has 0 atom stereocenters. The van der Waals surface area contributed by atoms with Crippen molar-refractivity contribution in [3.05, 3.63) is 78.9 Å². The molecule has 5 heterocycles. The minimum absolute atomic E-state index is 0. The largest absolute Gasteiger partial charge is 0.324 e. The van der Waals surface area contributed by atoms with E-state index in [0.29, 0.717) is 45.0 Å². The van der Waals surface area contributed by atoms with E-state index in [0.717, 1.165) is 5.39 Å². The molecular formula is C32H18CuN8O9S3. The Morgan fingerprint density at radius 3 is 1.19 bits per heavy atom. The third-order valence-electron chi connectivity index (χ3n) is 8.51. The van der Waals surface area contributed by atoms with Crippen LogP contribution in [-0.4, -0.2) is 78.8 Å². The summed E-state index contributed by atoms with van der Waals surface area (Å²) in [5.41, 5.74) is 1.95. The van der Waals surface area contributed by atoms with Gasteiger partial charge in [0.05, 0.1) is 5.39 Å². The molecule has 0 saturated heterocycles. The molecule has 0 fully saturated rings. The van der Waals surface area contributed by atoms with E-state index in [1.54, 1.807) is 48.5 Å². The molecule has 0 spiro atoms. The summed E-state index contributed by atoms with van der Waals surface area (Å²) in [7, 11) is -17.1. The Morgan fingerprint density at radius 1 is 0.434 bits per heavy atom. The predicted octanol–water partition coefficient (Wildman–Crippen LogP) is 4.61. The number of benzene rings is 4. The van der Waals surface area contributed by atoms with Gasteiger partial charge in [-0.15, -0.1) is 0 Å². The number of hydrogen-bond acceptors (Lipinski definition) is 12. The summed E-state index contributed by atoms with van der Waals surface area (Å²) >= 11 is 0. The molecule has 1 radical (unpaired) electrons. The monoisotopic (exact) mass is 817 g/mol. The molecule has 17 nitrogen and oxygen atoms in total. The van der Waals surface area contributed by atoms with Crippen molar-refractivity contribution in [2.24, 2.45) is 0 Å². The normalized spacial score (nSPS) is 12.7. The Balaban J connectivity index is 0.00000400. The Kier molecular flexibility index (Phi) is 7.66. The number of fused-ring (bicyclic) bond motifs is 20. The number of nitrogens with one attached hydrogen (secondary N) is 2. The van der Waals surface area contributed by atoms with Crippen LogP contribution in [-0.2, 0) is 47.4 Å². The first kappa shape index (κ1) is 34.6. The third-order valence-corrected chi connectivity index (χ3v) is 11.5. The van der Waals surface area contributed by atoms with Crippen LogP contribution in [0, 0.1) is 0 Å². The minimum Gasteiger partial charge on any atom is -0.324 e. The van der Waals surface area contributed by atoms with Crippen molar-refractivity contribution in [3.63, 3.8) is 0 Å². The summed E-state index contributed by atoms with van der Waals surface area (Å²) in [5, 5.41) is 0.293. The second-order valence-electron chi connectivity index (χ2n) is 11.6. The van der Waals surface area contributed by atoms with Gasteiger partial charge in [0.25, 0.3) is 30.4 Å². The minimum atomic E-state index is -5.78. The molecule has 4 aromatic carbocycles. The van der Waals surface area contributed by atoms with E-state index in [2.05, 4.69) is 29.9 Å². The summed E-state index contributed by atoms with van der Waals surface area (Å²) in [6.45, 7) is 0. The number of H-pyrrole nitrogens is 2. The molecule has 3 aromatic heterocycles. The summed E-state index contributed by atoms with van der Waals surface area (Å²) < 4.78 is 107. The number of rotatable bonds is 3. The van der Waals surface area contributed by atoms with Gasteiger partial charge >= 0.3 is 0 Å². The van der Waals surface area contributed by atoms with Crippen molar-refractivity contribution in [1.29, 1.82) is 0 Å². The van der Waals surface area contributed by atoms with E-state index in [4.69, 9.17) is 9.97 Å². The van der Waals surface area contributed by atoms with Crippen LogP contribution in [0.1, 0.15) is 0 Å². The maximum atomic E-state index is 13.0. The molecule has 2 aliphatic rings. The Hall–Kier alpha value is -5.51. The van der Waals surface area contributed by atoms with E-state index in [1.165, 1.54) is 0 Å². The number of aromatic amines is 2. The Bertz CT molecular complexity index is 3300. The number of aromatic nitrogens is 8. The second kappa shape index (κ2) is 11.7. The molecule has 0 aliphatic carbocycles. The molecule has 8 bridgehead atoms. The van der Waals surface area contributed by atoms with Crippen LogP contribution < -0.4 is 0 Å². The van der Waals surface area contributed by atoms with Crippen molar-refractivity contribution < 1.29 is 56.0 Å². The van der Waals surface area contributed by atoms with Crippen LogP contribution in [0.4, 0.5) is 0 Å². The van der Waals surface area contributed by atoms with Gasteiger partial charge in [0.1, 0.15) is 37.3 Å².